The molecule has 0 aromatic heterocycles. The standard InChI is InChI=1S/C31H38FN3.C3H8N2/c1-10-30(28-14-12-27(13-15-28)20(2)3)35-25(9)31(34-21(4)5)18-22(6)24(8)33-19-26-11-16-29(32)23(7)17-26;1-3(4)5-2/h11-18,30,33,35H,2,4,8-10,19H2,1,3,5-7H3;1-2H3,(H2,4,5)/b22-18+,34-31?;/t30-;/m0./s1. The summed E-state index contributed by atoms with van der Waals surface area (Å²) in [5.74, 6) is 0.428. The van der Waals surface area contributed by atoms with Crippen molar-refractivity contribution in [1.82, 2.24) is 10.6 Å². The van der Waals surface area contributed by atoms with E-state index in [1.54, 1.807) is 27.0 Å². The number of hydrogen-bond acceptors (Lipinski definition) is 4. The zero-order valence-corrected chi connectivity index (χ0v) is 25.3. The minimum Gasteiger partial charge on any atom is -0.388 e. The summed E-state index contributed by atoms with van der Waals surface area (Å²) >= 11 is 0. The second kappa shape index (κ2) is 16.7. The first-order valence-electron chi connectivity index (χ1n) is 13.3. The van der Waals surface area contributed by atoms with Gasteiger partial charge in [0.25, 0.3) is 0 Å². The van der Waals surface area contributed by atoms with Gasteiger partial charge >= 0.3 is 0 Å². The van der Waals surface area contributed by atoms with E-state index in [2.05, 4.69) is 78.1 Å². The number of allylic oxidation sites excluding steroid dienone is 4. The van der Waals surface area contributed by atoms with Gasteiger partial charge in [-0.25, -0.2) is 4.39 Å². The molecule has 0 unspecified atom stereocenters. The van der Waals surface area contributed by atoms with Gasteiger partial charge in [-0.1, -0.05) is 75.2 Å². The fraction of sp³-hybridized carbons (Fsp3) is 0.294. The Morgan fingerprint density at radius 1 is 1.00 bits per heavy atom. The average molecular weight is 544 g/mol. The quantitative estimate of drug-likeness (QED) is 0.144. The lowest BCUT2D eigenvalue weighted by Gasteiger charge is -2.21. The van der Waals surface area contributed by atoms with Gasteiger partial charge in [0.05, 0.1) is 23.3 Å². The van der Waals surface area contributed by atoms with Crippen molar-refractivity contribution in [2.24, 2.45) is 15.7 Å². The van der Waals surface area contributed by atoms with E-state index in [4.69, 9.17) is 5.73 Å². The van der Waals surface area contributed by atoms with Crippen molar-refractivity contribution in [2.75, 3.05) is 7.05 Å². The number of aliphatic imine (C=N–C) groups is 2. The van der Waals surface area contributed by atoms with E-state index >= 15 is 0 Å². The van der Waals surface area contributed by atoms with Crippen molar-refractivity contribution in [3.05, 3.63) is 126 Å². The zero-order valence-electron chi connectivity index (χ0n) is 25.3. The number of hydrogen-bond donors (Lipinski definition) is 3. The Bertz CT molecular complexity index is 1290. The van der Waals surface area contributed by atoms with Gasteiger partial charge in [0, 0.05) is 25.0 Å². The number of aryl methyl sites for hydroxylation is 1. The summed E-state index contributed by atoms with van der Waals surface area (Å²) in [7, 11) is 1.66. The van der Waals surface area contributed by atoms with E-state index < -0.39 is 0 Å². The minimum absolute atomic E-state index is 0.0914. The molecule has 214 valence electrons. The predicted octanol–water partition coefficient (Wildman–Crippen LogP) is 7.94. The van der Waals surface area contributed by atoms with Crippen molar-refractivity contribution in [3.8, 4) is 0 Å². The molecule has 6 heteroatoms. The van der Waals surface area contributed by atoms with Gasteiger partial charge in [0.1, 0.15) is 5.82 Å². The largest absolute Gasteiger partial charge is 0.388 e. The summed E-state index contributed by atoms with van der Waals surface area (Å²) in [6.07, 6.45) is 2.84. The lowest BCUT2D eigenvalue weighted by molar-refractivity contribution is 0.593. The molecule has 0 saturated heterocycles. The molecule has 0 spiro atoms. The SMILES string of the molecule is C=C(C)N=C(/C=C(\C)C(=C)NCc1ccc(F)c(C)c1)C(=C)N[C@@H](CC)c1ccc(C(=C)C)cc1.CN=C(C)N. The third-order valence-electron chi connectivity index (χ3n) is 6.09. The van der Waals surface area contributed by atoms with Crippen molar-refractivity contribution in [3.63, 3.8) is 0 Å². The first-order chi connectivity index (χ1) is 18.8. The highest BCUT2D eigenvalue weighted by molar-refractivity contribution is 6.08. The Hall–Kier alpha value is -4.19. The van der Waals surface area contributed by atoms with Crippen molar-refractivity contribution < 1.29 is 4.39 Å². The monoisotopic (exact) mass is 543 g/mol. The molecule has 2 aromatic rings. The lowest BCUT2D eigenvalue weighted by atomic mass is 10.00. The first kappa shape index (κ1) is 33.8. The number of amidine groups is 1. The number of benzene rings is 2. The first-order valence-corrected chi connectivity index (χ1v) is 13.3. The Kier molecular flexibility index (Phi) is 14.1. The Labute approximate surface area is 240 Å². The summed E-state index contributed by atoms with van der Waals surface area (Å²) in [6.45, 7) is 28.4. The van der Waals surface area contributed by atoms with Crippen LogP contribution in [0, 0.1) is 12.7 Å². The van der Waals surface area contributed by atoms with E-state index in [1.807, 2.05) is 32.9 Å². The molecule has 4 N–H and O–H groups in total. The summed E-state index contributed by atoms with van der Waals surface area (Å²) in [6, 6.07) is 13.6. The van der Waals surface area contributed by atoms with Crippen LogP contribution in [0.1, 0.15) is 69.3 Å². The van der Waals surface area contributed by atoms with Crippen LogP contribution in [0.25, 0.3) is 5.57 Å². The van der Waals surface area contributed by atoms with Gasteiger partial charge in [0.15, 0.2) is 0 Å². The summed E-state index contributed by atoms with van der Waals surface area (Å²) < 4.78 is 13.5. The molecular weight excluding hydrogens is 497 g/mol. The summed E-state index contributed by atoms with van der Waals surface area (Å²) in [4.78, 5) is 8.20. The topological polar surface area (TPSA) is 74.8 Å². The van der Waals surface area contributed by atoms with Crippen LogP contribution in [-0.4, -0.2) is 18.6 Å². The highest BCUT2D eigenvalue weighted by atomic mass is 19.1. The van der Waals surface area contributed by atoms with Gasteiger partial charge in [-0.2, -0.15) is 0 Å². The highest BCUT2D eigenvalue weighted by Crippen LogP contribution is 2.22. The van der Waals surface area contributed by atoms with Crippen LogP contribution in [0.2, 0.25) is 0 Å². The fourth-order valence-corrected chi connectivity index (χ4v) is 3.55. The van der Waals surface area contributed by atoms with Gasteiger partial charge in [-0.3, -0.25) is 9.98 Å². The third-order valence-corrected chi connectivity index (χ3v) is 6.09. The van der Waals surface area contributed by atoms with Crippen LogP contribution >= 0.6 is 0 Å². The molecule has 0 amide bonds. The molecule has 0 radical (unpaired) electrons. The molecule has 0 aliphatic rings. The highest BCUT2D eigenvalue weighted by Gasteiger charge is 2.13. The van der Waals surface area contributed by atoms with Gasteiger partial charge in [-0.05, 0) is 81.0 Å². The molecule has 0 aliphatic heterocycles. The minimum atomic E-state index is -0.201. The van der Waals surface area contributed by atoms with E-state index in [-0.39, 0.29) is 11.9 Å². The number of halogens is 1. The smallest absolute Gasteiger partial charge is 0.126 e. The molecule has 1 atom stereocenters. The lowest BCUT2D eigenvalue weighted by Crippen LogP contribution is -2.24. The molecule has 2 rings (SSSR count). The number of nitrogens with zero attached hydrogens (tertiary/aromatic N) is 2. The fourth-order valence-electron chi connectivity index (χ4n) is 3.55. The van der Waals surface area contributed by atoms with Crippen molar-refractivity contribution in [2.45, 2.75) is 60.5 Å². The van der Waals surface area contributed by atoms with Crippen LogP contribution in [0.15, 0.2) is 108 Å². The van der Waals surface area contributed by atoms with Crippen molar-refractivity contribution in [1.29, 1.82) is 0 Å². The molecule has 40 heavy (non-hydrogen) atoms. The van der Waals surface area contributed by atoms with Crippen LogP contribution in [-0.2, 0) is 6.54 Å². The maximum atomic E-state index is 13.5. The maximum absolute atomic E-state index is 13.5. The van der Waals surface area contributed by atoms with Crippen LogP contribution in [0.4, 0.5) is 4.39 Å². The van der Waals surface area contributed by atoms with Crippen LogP contribution in [0.5, 0.6) is 0 Å². The second-order valence-electron chi connectivity index (χ2n) is 9.83. The Balaban J connectivity index is 0.00000146. The Morgan fingerprint density at radius 3 is 2.08 bits per heavy atom. The molecule has 5 nitrogen and oxygen atoms in total. The molecule has 0 heterocycles. The second-order valence-corrected chi connectivity index (χ2v) is 9.83. The van der Waals surface area contributed by atoms with Crippen molar-refractivity contribution >= 4 is 17.1 Å². The molecular formula is C34H46FN5. The van der Waals surface area contributed by atoms with Crippen LogP contribution < -0.4 is 16.4 Å². The molecule has 0 aliphatic carbocycles. The molecule has 0 bridgehead atoms. The van der Waals surface area contributed by atoms with E-state index in [0.29, 0.717) is 35.0 Å². The number of rotatable bonds is 12. The number of nitrogens with two attached hydrogens (primary N) is 1. The summed E-state index contributed by atoms with van der Waals surface area (Å²) in [5.41, 5.74) is 13.8. The predicted molar refractivity (Wildman–Crippen MR) is 173 cm³/mol. The van der Waals surface area contributed by atoms with E-state index in [0.717, 1.165) is 34.4 Å². The normalized spacial score (nSPS) is 12.6. The number of nitrogens with one attached hydrogen (secondary N) is 2. The summed E-state index contributed by atoms with van der Waals surface area (Å²) in [5, 5.41) is 6.85. The van der Waals surface area contributed by atoms with Gasteiger partial charge < -0.3 is 16.4 Å². The van der Waals surface area contributed by atoms with E-state index in [1.165, 1.54) is 11.6 Å². The van der Waals surface area contributed by atoms with E-state index in [9.17, 15) is 4.39 Å². The van der Waals surface area contributed by atoms with Crippen LogP contribution in [0.3, 0.4) is 0 Å². The third kappa shape index (κ3) is 11.7. The average Bonchev–Trinajstić information content (AvgIpc) is 2.91. The molecule has 0 fully saturated rings. The van der Waals surface area contributed by atoms with Gasteiger partial charge in [0.2, 0.25) is 0 Å². The zero-order chi connectivity index (χ0) is 30.4. The molecule has 0 saturated carbocycles. The van der Waals surface area contributed by atoms with Gasteiger partial charge in [-0.15, -0.1) is 0 Å². The maximum Gasteiger partial charge on any atom is 0.126 e. The Morgan fingerprint density at radius 2 is 1.60 bits per heavy atom. The molecule has 2 aromatic carbocycles.